The second kappa shape index (κ2) is 13.0. The Morgan fingerprint density at radius 3 is 1.56 bits per heavy atom. The molecular weight excluding hydrogens is 882 g/mol. The summed E-state index contributed by atoms with van der Waals surface area (Å²) < 4.78 is 11.3. The van der Waals surface area contributed by atoms with E-state index >= 15 is 0 Å². The van der Waals surface area contributed by atoms with Crippen LogP contribution in [0.1, 0.15) is 0 Å². The summed E-state index contributed by atoms with van der Waals surface area (Å²) in [6, 6.07) is 64.6. The molecule has 7 aromatic carbocycles. The Bertz CT molecular complexity index is 3340. The molecule has 0 unspecified atom stereocenters. The van der Waals surface area contributed by atoms with Gasteiger partial charge in [0.05, 0.1) is 5.69 Å². The fourth-order valence-corrected chi connectivity index (χ4v) is 8.58. The minimum absolute atomic E-state index is 0. The Labute approximate surface area is 341 Å². The Hall–Kier alpha value is -7.01. The van der Waals surface area contributed by atoms with Gasteiger partial charge in [-0.15, -0.1) is 35.0 Å². The summed E-state index contributed by atoms with van der Waals surface area (Å²) in [5.74, 6) is 1.66. The number of aromatic nitrogens is 4. The van der Waals surface area contributed by atoms with E-state index in [1.165, 1.54) is 0 Å². The van der Waals surface area contributed by atoms with Gasteiger partial charge in [-0.2, -0.15) is 12.1 Å². The number of hydrogen-bond donors (Lipinski definition) is 0. The number of hydrogen-bond acceptors (Lipinski definition) is 4. The van der Waals surface area contributed by atoms with Crippen molar-refractivity contribution in [1.82, 2.24) is 19.1 Å². The quantitative estimate of drug-likeness (QED) is 0.161. The zero-order chi connectivity index (χ0) is 36.7. The first-order valence-electron chi connectivity index (χ1n) is 18.7. The monoisotopic (exact) mass is 910 g/mol. The maximum absolute atomic E-state index is 6.87. The molecule has 0 saturated carbocycles. The Morgan fingerprint density at radius 1 is 0.474 bits per heavy atom. The second-order valence-corrected chi connectivity index (χ2v) is 14.0. The van der Waals surface area contributed by atoms with Crippen molar-refractivity contribution in [3.63, 3.8) is 0 Å². The molecule has 7 heteroatoms. The van der Waals surface area contributed by atoms with Crippen molar-refractivity contribution >= 4 is 93.4 Å². The van der Waals surface area contributed by atoms with Gasteiger partial charge in [0.1, 0.15) is 17.2 Å². The van der Waals surface area contributed by atoms with Crippen molar-refractivity contribution in [3.8, 4) is 11.6 Å². The molecule has 5 aromatic heterocycles. The predicted octanol–water partition coefficient (Wildman–Crippen LogP) is 12.8. The largest absolute Gasteiger partial charge is 2.00 e. The third kappa shape index (κ3) is 5.01. The third-order valence-electron chi connectivity index (χ3n) is 11.0. The van der Waals surface area contributed by atoms with E-state index in [1.54, 1.807) is 0 Å². The van der Waals surface area contributed by atoms with Crippen LogP contribution in [0.4, 0.5) is 17.1 Å². The third-order valence-corrected chi connectivity index (χ3v) is 11.0. The molecule has 0 aliphatic heterocycles. The van der Waals surface area contributed by atoms with Crippen LogP contribution >= 0.6 is 0 Å². The van der Waals surface area contributed by atoms with Crippen molar-refractivity contribution in [1.29, 1.82) is 0 Å². The number of para-hydroxylation sites is 3. The number of pyridine rings is 2. The molecule has 270 valence electrons. The molecule has 12 aromatic rings. The van der Waals surface area contributed by atoms with E-state index in [4.69, 9.17) is 14.4 Å². The summed E-state index contributed by atoms with van der Waals surface area (Å²) in [6.07, 6.45) is 3.68. The number of rotatable bonds is 5. The minimum Gasteiger partial charge on any atom is -0.454 e. The number of benzene rings is 7. The summed E-state index contributed by atoms with van der Waals surface area (Å²) in [4.78, 5) is 11.9. The summed E-state index contributed by atoms with van der Waals surface area (Å²) >= 11 is 0. The average molecular weight is 911 g/mol. The maximum Gasteiger partial charge on any atom is 2.00 e. The van der Waals surface area contributed by atoms with E-state index in [-0.39, 0.29) is 21.1 Å². The van der Waals surface area contributed by atoms with Crippen LogP contribution in [0.5, 0.6) is 0 Å². The van der Waals surface area contributed by atoms with Gasteiger partial charge < -0.3 is 18.5 Å². The summed E-state index contributed by atoms with van der Waals surface area (Å²) in [5, 5.41) is 8.87. The second-order valence-electron chi connectivity index (χ2n) is 14.0. The molecule has 0 bridgehead atoms. The van der Waals surface area contributed by atoms with Crippen molar-refractivity contribution in [3.05, 3.63) is 188 Å². The van der Waals surface area contributed by atoms with Crippen molar-refractivity contribution in [2.75, 3.05) is 4.90 Å². The fraction of sp³-hybridized carbons (Fsp3) is 0. The zero-order valence-electron chi connectivity index (χ0n) is 30.2. The normalized spacial score (nSPS) is 11.7. The van der Waals surface area contributed by atoms with Gasteiger partial charge in [0, 0.05) is 34.2 Å². The molecule has 6 nitrogen and oxygen atoms in total. The van der Waals surface area contributed by atoms with E-state index in [9.17, 15) is 0 Å². The molecule has 5 heterocycles. The Morgan fingerprint density at radius 2 is 0.982 bits per heavy atom. The van der Waals surface area contributed by atoms with Gasteiger partial charge >= 0.3 is 21.1 Å². The molecule has 0 aliphatic rings. The van der Waals surface area contributed by atoms with Crippen molar-refractivity contribution in [2.45, 2.75) is 0 Å². The molecular formula is C50H29N5OPt. The molecule has 0 radical (unpaired) electrons. The summed E-state index contributed by atoms with van der Waals surface area (Å²) in [5.41, 5.74) is 8.19. The van der Waals surface area contributed by atoms with Gasteiger partial charge in [-0.3, -0.25) is 0 Å². The standard InChI is InChI=1S/C50H29N5O.Pt/c1-2-14-35-32(13-1)29-45(50-49(35)40-17-5-8-20-46(40)56-50)53(33-23-25-38-36-15-3-6-18-41(36)54(43(38)30-33)47-21-9-11-27-51-47)34-24-26-39-37-16-4-7-19-42(37)55(44(39)31-34)48-22-10-12-28-52-48;/h1-29H;/q-2;+2. The van der Waals surface area contributed by atoms with E-state index in [0.29, 0.717) is 0 Å². The van der Waals surface area contributed by atoms with Crippen LogP contribution in [-0.2, 0) is 21.1 Å². The minimum atomic E-state index is 0. The number of fused-ring (bicyclic) bond motifs is 11. The van der Waals surface area contributed by atoms with Crippen LogP contribution in [0, 0.1) is 12.1 Å². The number of nitrogens with zero attached hydrogens (tertiary/aromatic N) is 5. The van der Waals surface area contributed by atoms with Crippen molar-refractivity contribution in [2.24, 2.45) is 0 Å². The molecule has 0 saturated heterocycles. The molecule has 0 atom stereocenters. The van der Waals surface area contributed by atoms with Gasteiger partial charge in [0.2, 0.25) is 0 Å². The van der Waals surface area contributed by atoms with E-state index in [1.807, 2.05) is 60.9 Å². The average Bonchev–Trinajstić information content (AvgIpc) is 3.92. The molecule has 0 fully saturated rings. The maximum atomic E-state index is 6.87. The molecule has 12 rings (SSSR count). The van der Waals surface area contributed by atoms with E-state index < -0.39 is 0 Å². The van der Waals surface area contributed by atoms with Gasteiger partial charge in [-0.1, -0.05) is 113 Å². The van der Waals surface area contributed by atoms with Crippen LogP contribution in [0.25, 0.3) is 88.0 Å². The first kappa shape index (κ1) is 33.3. The summed E-state index contributed by atoms with van der Waals surface area (Å²) in [7, 11) is 0. The van der Waals surface area contributed by atoms with Gasteiger partial charge in [0.15, 0.2) is 5.58 Å². The molecule has 57 heavy (non-hydrogen) atoms. The Kier molecular flexibility index (Phi) is 7.63. The first-order valence-corrected chi connectivity index (χ1v) is 18.7. The summed E-state index contributed by atoms with van der Waals surface area (Å²) in [6.45, 7) is 0. The van der Waals surface area contributed by atoms with Crippen LogP contribution < -0.4 is 4.90 Å². The SMILES string of the molecule is [Pt+2].[c-]1c(N(c2[c-]c3c(cc2)c2ccccc2n3-c2ccccn2)c2cc3ccccc3c3c2oc2ccccc23)ccc2c3ccccc3n(-c3ccccn3)c12. The number of furan rings is 1. The Balaban J connectivity index is 0.00000374. The van der Waals surface area contributed by atoms with Crippen LogP contribution in [0.15, 0.2) is 181 Å². The molecule has 0 N–H and O–H groups in total. The van der Waals surface area contributed by atoms with Crippen LogP contribution in [-0.4, -0.2) is 19.1 Å². The molecule has 0 spiro atoms. The van der Waals surface area contributed by atoms with Gasteiger partial charge in [-0.25, -0.2) is 9.97 Å². The molecule has 0 aliphatic carbocycles. The molecule has 0 amide bonds. The van der Waals surface area contributed by atoms with Crippen LogP contribution in [0.2, 0.25) is 0 Å². The van der Waals surface area contributed by atoms with Gasteiger partial charge in [-0.05, 0) is 70.1 Å². The van der Waals surface area contributed by atoms with E-state index in [0.717, 1.165) is 105 Å². The van der Waals surface area contributed by atoms with Crippen LogP contribution in [0.3, 0.4) is 0 Å². The smallest absolute Gasteiger partial charge is 0.454 e. The number of anilines is 3. The predicted molar refractivity (Wildman–Crippen MR) is 228 cm³/mol. The van der Waals surface area contributed by atoms with E-state index in [2.05, 4.69) is 141 Å². The first-order chi connectivity index (χ1) is 27.8. The topological polar surface area (TPSA) is 52.0 Å². The van der Waals surface area contributed by atoms with Crippen molar-refractivity contribution < 1.29 is 25.5 Å². The zero-order valence-corrected chi connectivity index (χ0v) is 32.5. The van der Waals surface area contributed by atoms with Gasteiger partial charge in [0.25, 0.3) is 0 Å². The fourth-order valence-electron chi connectivity index (χ4n) is 8.58.